The van der Waals surface area contributed by atoms with Crippen molar-refractivity contribution >= 4 is 35.0 Å². The first-order valence-corrected chi connectivity index (χ1v) is 12.3. The molecule has 1 fully saturated rings. The van der Waals surface area contributed by atoms with Gasteiger partial charge in [0, 0.05) is 5.56 Å². The van der Waals surface area contributed by atoms with Gasteiger partial charge in [-0.05, 0) is 72.1 Å². The molecule has 9 heteroatoms. The van der Waals surface area contributed by atoms with E-state index in [1.54, 1.807) is 39.0 Å². The number of ether oxygens (including phenoxy) is 2. The van der Waals surface area contributed by atoms with Crippen molar-refractivity contribution in [1.82, 2.24) is 15.3 Å². The molecule has 0 radical (unpaired) electrons. The number of rotatable bonds is 6. The third-order valence-corrected chi connectivity index (χ3v) is 5.65. The van der Waals surface area contributed by atoms with Crippen molar-refractivity contribution in [1.29, 1.82) is 0 Å². The Balaban J connectivity index is 1.73. The summed E-state index contributed by atoms with van der Waals surface area (Å²) in [6.45, 7) is 10.8. The highest BCUT2D eigenvalue weighted by Crippen LogP contribution is 2.28. The van der Waals surface area contributed by atoms with E-state index in [0.29, 0.717) is 28.9 Å². The van der Waals surface area contributed by atoms with Crippen molar-refractivity contribution in [3.05, 3.63) is 23.8 Å². The Bertz CT molecular complexity index is 1060. The Hall–Kier alpha value is -3.10. The van der Waals surface area contributed by atoms with Gasteiger partial charge in [-0.25, -0.2) is 14.6 Å². The van der Waals surface area contributed by atoms with Gasteiger partial charge in [0.05, 0.1) is 11.0 Å². The number of aromatic amines is 1. The van der Waals surface area contributed by atoms with Gasteiger partial charge in [0.25, 0.3) is 5.91 Å². The molecule has 3 rings (SSSR count). The van der Waals surface area contributed by atoms with Crippen LogP contribution in [0.1, 0.15) is 90.4 Å². The predicted octanol–water partition coefficient (Wildman–Crippen LogP) is 5.32. The summed E-state index contributed by atoms with van der Waals surface area (Å²) in [5.74, 6) is -0.183. The van der Waals surface area contributed by atoms with Gasteiger partial charge in [-0.1, -0.05) is 32.1 Å². The minimum atomic E-state index is -0.718. The number of anilines is 1. The Labute approximate surface area is 206 Å². The highest BCUT2D eigenvalue weighted by Gasteiger charge is 2.30. The van der Waals surface area contributed by atoms with Gasteiger partial charge in [0.2, 0.25) is 5.95 Å². The van der Waals surface area contributed by atoms with E-state index >= 15 is 0 Å². The number of nitrogens with one attached hydrogen (secondary N) is 3. The molecule has 1 saturated carbocycles. The van der Waals surface area contributed by atoms with Gasteiger partial charge < -0.3 is 19.8 Å². The molecule has 192 valence electrons. The fraction of sp³-hybridized carbons (Fsp3) is 0.615. The van der Waals surface area contributed by atoms with E-state index in [1.165, 1.54) is 6.42 Å². The zero-order chi connectivity index (χ0) is 25.8. The van der Waals surface area contributed by atoms with E-state index < -0.39 is 29.3 Å². The summed E-state index contributed by atoms with van der Waals surface area (Å²) in [6.07, 6.45) is 5.56. The Morgan fingerprint density at radius 1 is 1.03 bits per heavy atom. The van der Waals surface area contributed by atoms with Crippen LogP contribution in [-0.2, 0) is 14.3 Å². The molecule has 2 aromatic rings. The Morgan fingerprint density at radius 2 is 1.69 bits per heavy atom. The Morgan fingerprint density at radius 3 is 2.31 bits per heavy atom. The van der Waals surface area contributed by atoms with Crippen molar-refractivity contribution in [2.45, 2.75) is 97.3 Å². The van der Waals surface area contributed by atoms with Gasteiger partial charge in [-0.3, -0.25) is 10.1 Å². The molecule has 1 aromatic carbocycles. The van der Waals surface area contributed by atoms with Crippen LogP contribution in [0.5, 0.6) is 0 Å². The first kappa shape index (κ1) is 26.5. The number of aromatic nitrogens is 2. The van der Waals surface area contributed by atoms with Crippen LogP contribution in [0.4, 0.5) is 10.7 Å². The molecule has 0 aliphatic heterocycles. The number of benzene rings is 1. The molecule has 0 unspecified atom stereocenters. The van der Waals surface area contributed by atoms with Crippen molar-refractivity contribution in [2.75, 3.05) is 5.32 Å². The first-order valence-electron chi connectivity index (χ1n) is 12.3. The van der Waals surface area contributed by atoms with Gasteiger partial charge >= 0.3 is 12.1 Å². The van der Waals surface area contributed by atoms with Crippen LogP contribution < -0.4 is 10.6 Å². The molecule has 2 amide bonds. The van der Waals surface area contributed by atoms with Gasteiger partial charge in [0.1, 0.15) is 17.2 Å². The fourth-order valence-corrected chi connectivity index (χ4v) is 4.19. The quantitative estimate of drug-likeness (QED) is 0.475. The van der Waals surface area contributed by atoms with Crippen molar-refractivity contribution in [2.24, 2.45) is 5.92 Å². The lowest BCUT2D eigenvalue weighted by atomic mass is 9.84. The number of amides is 2. The van der Waals surface area contributed by atoms with Crippen LogP contribution in [-0.4, -0.2) is 45.2 Å². The minimum absolute atomic E-state index is 0.218. The highest BCUT2D eigenvalue weighted by molar-refractivity contribution is 5.99. The second kappa shape index (κ2) is 10.7. The number of carbonyl (C=O) groups excluding carboxylic acids is 3. The van der Waals surface area contributed by atoms with E-state index in [0.717, 1.165) is 25.7 Å². The maximum atomic E-state index is 13.1. The molecular formula is C26H38N4O5. The van der Waals surface area contributed by atoms with Crippen molar-refractivity contribution in [3.8, 4) is 0 Å². The molecule has 1 aliphatic rings. The molecule has 3 N–H and O–H groups in total. The van der Waals surface area contributed by atoms with E-state index in [2.05, 4.69) is 20.6 Å². The second-order valence-electron chi connectivity index (χ2n) is 11.2. The molecule has 1 aliphatic carbocycles. The van der Waals surface area contributed by atoms with E-state index in [1.807, 2.05) is 20.8 Å². The number of imidazole rings is 1. The van der Waals surface area contributed by atoms with Crippen LogP contribution in [0.25, 0.3) is 11.0 Å². The number of H-pyrrole nitrogens is 1. The Kier molecular flexibility index (Phi) is 8.07. The standard InChI is InChI=1S/C26H38N4O5/c1-25(2,3)34-22(32)20(14-16-10-8-7-9-11-16)27-21(31)17-12-13-18-19(15-17)29-23(28-18)30-24(33)35-26(4,5)6/h12-13,15-16,20H,7-11,14H2,1-6H3,(H,27,31)(H2,28,29,30,33)/t20-/m0/s1. The molecule has 0 saturated heterocycles. The topological polar surface area (TPSA) is 122 Å². The smallest absolute Gasteiger partial charge is 0.414 e. The maximum absolute atomic E-state index is 13.1. The molecule has 1 heterocycles. The van der Waals surface area contributed by atoms with Gasteiger partial charge in [-0.15, -0.1) is 0 Å². The van der Waals surface area contributed by atoms with E-state index in [-0.39, 0.29) is 11.9 Å². The number of esters is 1. The summed E-state index contributed by atoms with van der Waals surface area (Å²) < 4.78 is 10.8. The second-order valence-corrected chi connectivity index (χ2v) is 11.2. The number of fused-ring (bicyclic) bond motifs is 1. The monoisotopic (exact) mass is 486 g/mol. The summed E-state index contributed by atoms with van der Waals surface area (Å²) in [6, 6.07) is 4.26. The lowest BCUT2D eigenvalue weighted by molar-refractivity contribution is -0.157. The average molecular weight is 487 g/mol. The van der Waals surface area contributed by atoms with Gasteiger partial charge in [0.15, 0.2) is 0 Å². The number of nitrogens with zero attached hydrogens (tertiary/aromatic N) is 1. The normalized spacial score (nSPS) is 15.9. The van der Waals surface area contributed by atoms with Gasteiger partial charge in [-0.2, -0.15) is 0 Å². The van der Waals surface area contributed by atoms with Crippen LogP contribution in [0.2, 0.25) is 0 Å². The summed E-state index contributed by atoms with van der Waals surface area (Å²) in [5, 5.41) is 5.45. The summed E-state index contributed by atoms with van der Waals surface area (Å²) in [4.78, 5) is 45.4. The molecule has 0 bridgehead atoms. The zero-order valence-corrected chi connectivity index (χ0v) is 21.6. The van der Waals surface area contributed by atoms with Crippen LogP contribution in [0.15, 0.2) is 18.2 Å². The lowest BCUT2D eigenvalue weighted by Gasteiger charge is -2.28. The number of hydrogen-bond acceptors (Lipinski definition) is 6. The molecule has 1 aromatic heterocycles. The number of hydrogen-bond donors (Lipinski definition) is 3. The first-order chi connectivity index (χ1) is 16.3. The van der Waals surface area contributed by atoms with Crippen LogP contribution in [0.3, 0.4) is 0 Å². The van der Waals surface area contributed by atoms with Crippen LogP contribution >= 0.6 is 0 Å². The molecule has 35 heavy (non-hydrogen) atoms. The molecule has 9 nitrogen and oxygen atoms in total. The van der Waals surface area contributed by atoms with E-state index in [9.17, 15) is 14.4 Å². The maximum Gasteiger partial charge on any atom is 0.414 e. The van der Waals surface area contributed by atoms with E-state index in [4.69, 9.17) is 9.47 Å². The van der Waals surface area contributed by atoms with Crippen LogP contribution in [0, 0.1) is 5.92 Å². The molecular weight excluding hydrogens is 448 g/mol. The summed E-state index contributed by atoms with van der Waals surface area (Å²) in [7, 11) is 0. The minimum Gasteiger partial charge on any atom is -0.458 e. The SMILES string of the molecule is CC(C)(C)OC(=O)Nc1nc2cc(C(=O)N[C@@H](CC3CCCCC3)C(=O)OC(C)(C)C)ccc2[nH]1. The third-order valence-electron chi connectivity index (χ3n) is 5.65. The lowest BCUT2D eigenvalue weighted by Crippen LogP contribution is -2.45. The third kappa shape index (κ3) is 8.26. The van der Waals surface area contributed by atoms with Crippen molar-refractivity contribution < 1.29 is 23.9 Å². The average Bonchev–Trinajstić information content (AvgIpc) is 3.12. The molecule has 0 spiro atoms. The zero-order valence-electron chi connectivity index (χ0n) is 21.6. The predicted molar refractivity (Wildman–Crippen MR) is 134 cm³/mol. The molecule has 1 atom stereocenters. The highest BCUT2D eigenvalue weighted by atomic mass is 16.6. The summed E-state index contributed by atoms with van der Waals surface area (Å²) >= 11 is 0. The van der Waals surface area contributed by atoms with Crippen molar-refractivity contribution in [3.63, 3.8) is 0 Å². The largest absolute Gasteiger partial charge is 0.458 e. The fourth-order valence-electron chi connectivity index (χ4n) is 4.19. The summed E-state index contributed by atoms with van der Waals surface area (Å²) in [5.41, 5.74) is 0.246. The number of carbonyl (C=O) groups is 3.